The molecular formula is C11H14O4. The second-order valence-corrected chi connectivity index (χ2v) is 3.26. The quantitative estimate of drug-likeness (QED) is 0.723. The van der Waals surface area contributed by atoms with E-state index < -0.39 is 12.1 Å². The largest absolute Gasteiger partial charge is 0.508 e. The maximum absolute atomic E-state index is 10.9. The molecule has 1 rings (SSSR count). The van der Waals surface area contributed by atoms with Crippen LogP contribution in [0.15, 0.2) is 24.3 Å². The number of aliphatic hydroxyl groups is 1. The summed E-state index contributed by atoms with van der Waals surface area (Å²) in [6, 6.07) is 6.66. The summed E-state index contributed by atoms with van der Waals surface area (Å²) >= 11 is 0. The van der Waals surface area contributed by atoms with Crippen LogP contribution in [-0.2, 0) is 16.0 Å². The molecule has 1 aromatic carbocycles. The van der Waals surface area contributed by atoms with Crippen LogP contribution >= 0.6 is 0 Å². The van der Waals surface area contributed by atoms with Crippen molar-refractivity contribution in [2.75, 3.05) is 6.61 Å². The maximum atomic E-state index is 10.9. The molecule has 4 nitrogen and oxygen atoms in total. The molecule has 4 heteroatoms. The van der Waals surface area contributed by atoms with Gasteiger partial charge in [0.2, 0.25) is 0 Å². The number of phenolic OH excluding ortho intramolecular Hbond substituents is 1. The average molecular weight is 210 g/mol. The van der Waals surface area contributed by atoms with E-state index in [0.717, 1.165) is 5.56 Å². The second kappa shape index (κ2) is 5.36. The third-order valence-electron chi connectivity index (χ3n) is 1.91. The van der Waals surface area contributed by atoms with Crippen LogP contribution in [0.4, 0.5) is 0 Å². The van der Waals surface area contributed by atoms with Crippen LogP contribution in [0.2, 0.25) is 0 Å². The molecule has 0 fully saturated rings. The lowest BCUT2D eigenvalue weighted by atomic mass is 10.1. The zero-order chi connectivity index (χ0) is 11.3. The molecule has 1 aromatic rings. The van der Waals surface area contributed by atoms with Crippen LogP contribution in [0, 0.1) is 0 Å². The van der Waals surface area contributed by atoms with Crippen LogP contribution in [-0.4, -0.2) is 28.9 Å². The molecule has 15 heavy (non-hydrogen) atoms. The third-order valence-corrected chi connectivity index (χ3v) is 1.91. The highest BCUT2D eigenvalue weighted by molar-refractivity contribution is 5.73. The first-order valence-corrected chi connectivity index (χ1v) is 4.72. The van der Waals surface area contributed by atoms with Crippen molar-refractivity contribution in [2.45, 2.75) is 19.4 Å². The minimum atomic E-state index is -1.08. The van der Waals surface area contributed by atoms with E-state index in [1.807, 2.05) is 0 Å². The molecule has 1 atom stereocenters. The number of hydrogen-bond donors (Lipinski definition) is 2. The van der Waals surface area contributed by atoms with Crippen molar-refractivity contribution >= 4 is 5.97 Å². The van der Waals surface area contributed by atoms with Crippen molar-refractivity contribution < 1.29 is 19.7 Å². The molecule has 2 N–H and O–H groups in total. The third kappa shape index (κ3) is 3.99. The number of ether oxygens (including phenoxy) is 1. The summed E-state index contributed by atoms with van der Waals surface area (Å²) in [6.45, 7) is 1.59. The fourth-order valence-corrected chi connectivity index (χ4v) is 1.05. The number of hydrogen-bond acceptors (Lipinski definition) is 4. The van der Waals surface area contributed by atoms with Gasteiger partial charge < -0.3 is 14.9 Å². The predicted octanol–water partition coefficient (Wildman–Crippen LogP) is 0.859. The molecule has 0 aliphatic heterocycles. The Hall–Kier alpha value is -1.55. The van der Waals surface area contributed by atoms with Crippen molar-refractivity contribution in [1.29, 1.82) is 0 Å². The van der Waals surface area contributed by atoms with Gasteiger partial charge in [-0.3, -0.25) is 0 Å². The Balaban J connectivity index is 2.32. The summed E-state index contributed by atoms with van der Waals surface area (Å²) in [4.78, 5) is 10.9. The van der Waals surface area contributed by atoms with Crippen molar-refractivity contribution in [3.05, 3.63) is 29.8 Å². The molecule has 0 aromatic heterocycles. The number of esters is 1. The van der Waals surface area contributed by atoms with E-state index in [4.69, 9.17) is 14.9 Å². The topological polar surface area (TPSA) is 66.8 Å². The molecule has 0 saturated carbocycles. The van der Waals surface area contributed by atoms with E-state index in [9.17, 15) is 4.79 Å². The van der Waals surface area contributed by atoms with Gasteiger partial charge in [0.25, 0.3) is 0 Å². The highest BCUT2D eigenvalue weighted by Gasteiger charge is 2.09. The molecule has 0 radical (unpaired) electrons. The normalized spacial score (nSPS) is 12.1. The summed E-state index contributed by atoms with van der Waals surface area (Å²) in [6.07, 6.45) is -0.511. The second-order valence-electron chi connectivity index (χ2n) is 3.26. The smallest absolute Gasteiger partial charge is 0.334 e. The molecule has 1 unspecified atom stereocenters. The Morgan fingerprint density at radius 1 is 1.40 bits per heavy atom. The lowest BCUT2D eigenvalue weighted by Gasteiger charge is -2.06. The summed E-state index contributed by atoms with van der Waals surface area (Å²) in [5.74, 6) is -0.409. The number of carbonyl (C=O) groups is 1. The molecule has 82 valence electrons. The number of benzene rings is 1. The molecule has 0 amide bonds. The summed E-state index contributed by atoms with van der Waals surface area (Å²) in [5, 5.41) is 17.9. The predicted molar refractivity (Wildman–Crippen MR) is 54.5 cm³/mol. The molecule has 0 bridgehead atoms. The van der Waals surface area contributed by atoms with Gasteiger partial charge in [-0.25, -0.2) is 4.79 Å². The van der Waals surface area contributed by atoms with E-state index in [1.54, 1.807) is 24.3 Å². The van der Waals surface area contributed by atoms with Crippen molar-refractivity contribution in [2.24, 2.45) is 0 Å². The maximum Gasteiger partial charge on any atom is 0.334 e. The van der Waals surface area contributed by atoms with Crippen LogP contribution in [0.25, 0.3) is 0 Å². The highest BCUT2D eigenvalue weighted by atomic mass is 16.5. The summed E-state index contributed by atoms with van der Waals surface area (Å²) < 4.78 is 4.79. The molecule has 0 aliphatic rings. The molecule has 0 saturated heterocycles. The van der Waals surface area contributed by atoms with Crippen molar-refractivity contribution in [3.63, 3.8) is 0 Å². The molecule has 0 aliphatic carbocycles. The summed E-state index contributed by atoms with van der Waals surface area (Å²) in [7, 11) is 0. The number of aromatic hydroxyl groups is 1. The summed E-state index contributed by atoms with van der Waals surface area (Å²) in [5.41, 5.74) is 0.964. The first-order chi connectivity index (χ1) is 7.09. The van der Waals surface area contributed by atoms with E-state index in [0.29, 0.717) is 6.42 Å². The minimum absolute atomic E-state index is 0.208. The number of aliphatic hydroxyl groups excluding tert-OH is 1. The molecular weight excluding hydrogens is 196 g/mol. The number of rotatable bonds is 4. The van der Waals surface area contributed by atoms with Crippen molar-refractivity contribution in [1.82, 2.24) is 0 Å². The Morgan fingerprint density at radius 2 is 2.00 bits per heavy atom. The van der Waals surface area contributed by atoms with Gasteiger partial charge in [0, 0.05) is 6.42 Å². The van der Waals surface area contributed by atoms with Gasteiger partial charge in [0.05, 0.1) is 6.61 Å². The van der Waals surface area contributed by atoms with Gasteiger partial charge in [0.15, 0.2) is 0 Å². The number of carbonyl (C=O) groups excluding carboxylic acids is 1. The van der Waals surface area contributed by atoms with Crippen LogP contribution in [0.3, 0.4) is 0 Å². The van der Waals surface area contributed by atoms with Crippen molar-refractivity contribution in [3.8, 4) is 5.75 Å². The van der Waals surface area contributed by atoms with Gasteiger partial charge in [-0.05, 0) is 24.6 Å². The highest BCUT2D eigenvalue weighted by Crippen LogP contribution is 2.09. The fraction of sp³-hybridized carbons (Fsp3) is 0.364. The van der Waals surface area contributed by atoms with Crippen LogP contribution < -0.4 is 0 Å². The SMILES string of the molecule is CC(O)C(=O)OCCc1ccc(O)cc1. The zero-order valence-electron chi connectivity index (χ0n) is 8.51. The van der Waals surface area contributed by atoms with Gasteiger partial charge >= 0.3 is 5.97 Å². The van der Waals surface area contributed by atoms with E-state index in [1.165, 1.54) is 6.92 Å². The standard InChI is InChI=1S/C11H14O4/c1-8(12)11(14)15-7-6-9-2-4-10(13)5-3-9/h2-5,8,12-13H,6-7H2,1H3. The average Bonchev–Trinajstić information content (AvgIpc) is 2.20. The molecule has 0 heterocycles. The van der Waals surface area contributed by atoms with E-state index in [-0.39, 0.29) is 12.4 Å². The minimum Gasteiger partial charge on any atom is -0.508 e. The lowest BCUT2D eigenvalue weighted by Crippen LogP contribution is -2.20. The van der Waals surface area contributed by atoms with Crippen LogP contribution in [0.1, 0.15) is 12.5 Å². The monoisotopic (exact) mass is 210 g/mol. The Bertz CT molecular complexity index is 316. The van der Waals surface area contributed by atoms with Gasteiger partial charge in [-0.15, -0.1) is 0 Å². The van der Waals surface area contributed by atoms with Crippen LogP contribution in [0.5, 0.6) is 5.75 Å². The van der Waals surface area contributed by atoms with Gasteiger partial charge in [-0.2, -0.15) is 0 Å². The Morgan fingerprint density at radius 3 is 2.53 bits per heavy atom. The van der Waals surface area contributed by atoms with Gasteiger partial charge in [0.1, 0.15) is 11.9 Å². The zero-order valence-corrected chi connectivity index (χ0v) is 8.51. The first kappa shape index (κ1) is 11.5. The van der Waals surface area contributed by atoms with E-state index in [2.05, 4.69) is 0 Å². The van der Waals surface area contributed by atoms with E-state index >= 15 is 0 Å². The Kier molecular flexibility index (Phi) is 4.12. The molecule has 0 spiro atoms. The Labute approximate surface area is 88.1 Å². The number of phenols is 1. The first-order valence-electron chi connectivity index (χ1n) is 4.72. The fourth-order valence-electron chi connectivity index (χ4n) is 1.05. The van der Waals surface area contributed by atoms with Gasteiger partial charge in [-0.1, -0.05) is 12.1 Å². The lowest BCUT2D eigenvalue weighted by molar-refractivity contribution is -0.152.